The van der Waals surface area contributed by atoms with E-state index in [2.05, 4.69) is 91.8 Å². The lowest BCUT2D eigenvalue weighted by atomic mass is 9.87. The fourth-order valence-electron chi connectivity index (χ4n) is 7.75. The first kappa shape index (κ1) is 54.4. The molecule has 2 saturated heterocycles. The summed E-state index contributed by atoms with van der Waals surface area (Å²) in [5.41, 5.74) is 5.30. The Morgan fingerprint density at radius 2 is 1.08 bits per heavy atom. The van der Waals surface area contributed by atoms with Gasteiger partial charge < -0.3 is 34.6 Å². The van der Waals surface area contributed by atoms with Gasteiger partial charge in [0.15, 0.2) is 18.0 Å². The van der Waals surface area contributed by atoms with E-state index in [0.717, 1.165) is 11.1 Å². The minimum absolute atomic E-state index is 0.0443. The van der Waals surface area contributed by atoms with E-state index in [1.807, 2.05) is 58.0 Å². The van der Waals surface area contributed by atoms with Crippen molar-refractivity contribution >= 4 is 29.5 Å². The van der Waals surface area contributed by atoms with E-state index in [4.69, 9.17) is 24.8 Å². The van der Waals surface area contributed by atoms with E-state index in [9.17, 15) is 24.0 Å². The summed E-state index contributed by atoms with van der Waals surface area (Å²) in [4.78, 5) is 64.2. The zero-order chi connectivity index (χ0) is 48.8. The van der Waals surface area contributed by atoms with Gasteiger partial charge >= 0.3 is 11.9 Å². The van der Waals surface area contributed by atoms with E-state index >= 15 is 0 Å². The maximum absolute atomic E-state index is 13.7. The normalized spacial score (nSPS) is 17.5. The van der Waals surface area contributed by atoms with Crippen LogP contribution in [0.15, 0.2) is 78.9 Å². The number of carbonyl (C=O) groups excluding carboxylic acids is 3. The number of fused-ring (bicyclic) bond motifs is 1. The molecule has 2 fully saturated rings. The molecule has 0 spiro atoms. The molecule has 2 unspecified atom stereocenters. The molecule has 3 N–H and O–H groups in total. The second kappa shape index (κ2) is 24.6. The molecule has 358 valence electrons. The summed E-state index contributed by atoms with van der Waals surface area (Å²) in [5.74, 6) is -1.60. The number of nitrogens with zero attached hydrogens (tertiary/aromatic N) is 2. The molecule has 2 aliphatic rings. The quantitative estimate of drug-likeness (QED) is 0.126. The fourth-order valence-corrected chi connectivity index (χ4v) is 7.75. The van der Waals surface area contributed by atoms with Gasteiger partial charge in [-0.2, -0.15) is 0 Å². The number of amides is 2. The van der Waals surface area contributed by atoms with Crippen LogP contribution in [-0.4, -0.2) is 98.1 Å². The second-order valence-electron chi connectivity index (χ2n) is 20.7. The summed E-state index contributed by atoms with van der Waals surface area (Å²) in [6.45, 7) is 26.1. The summed E-state index contributed by atoms with van der Waals surface area (Å²) in [5, 5.41) is 26.0. The van der Waals surface area contributed by atoms with Crippen LogP contribution in [0.25, 0.3) is 0 Å². The highest BCUT2D eigenvalue weighted by molar-refractivity contribution is 6.02. The molecule has 12 heteroatoms. The second-order valence-corrected chi connectivity index (χ2v) is 20.7. The van der Waals surface area contributed by atoms with E-state index in [1.54, 1.807) is 21.9 Å². The van der Waals surface area contributed by atoms with Gasteiger partial charge in [-0.15, -0.1) is 0 Å². The summed E-state index contributed by atoms with van der Waals surface area (Å²) < 4.78 is 11.7. The van der Waals surface area contributed by atoms with Crippen LogP contribution in [0.5, 0.6) is 0 Å². The molecule has 5 rings (SSSR count). The number of aliphatic carboxylic acids is 2. The predicted molar refractivity (Wildman–Crippen MR) is 253 cm³/mol. The van der Waals surface area contributed by atoms with E-state index < -0.39 is 36.3 Å². The molecule has 0 saturated carbocycles. The maximum atomic E-state index is 13.7. The zero-order valence-corrected chi connectivity index (χ0v) is 40.9. The Labute approximate surface area is 387 Å². The van der Waals surface area contributed by atoms with Crippen LogP contribution in [-0.2, 0) is 52.7 Å². The van der Waals surface area contributed by atoms with Gasteiger partial charge in [0.25, 0.3) is 11.8 Å². The van der Waals surface area contributed by atoms with Gasteiger partial charge in [-0.05, 0) is 88.7 Å². The lowest BCUT2D eigenvalue weighted by Gasteiger charge is -2.28. The Kier molecular flexibility index (Phi) is 20.6. The van der Waals surface area contributed by atoms with Gasteiger partial charge in [-0.25, -0.2) is 9.59 Å². The predicted octanol–water partition coefficient (Wildman–Crippen LogP) is 9.09. The average Bonchev–Trinajstić information content (AvgIpc) is 3.81. The minimum Gasteiger partial charge on any atom is -0.479 e. The lowest BCUT2D eigenvalue weighted by molar-refractivity contribution is -0.152. The Bertz CT molecular complexity index is 1980. The van der Waals surface area contributed by atoms with Gasteiger partial charge in [-0.1, -0.05) is 150 Å². The molecule has 3 aromatic carbocycles. The first-order chi connectivity index (χ1) is 30.3. The standard InChI is InChI=1S/C30H38N2O4.C17H26O3.C6H12O3/c1-20(2)17-26(36-19-21-11-13-23(14-12-21)30(3,4)5)29(35)31-16-15-24-27(31)25(33)18-32(24)28(34)22-9-7-6-8-10-22;1-12(2)10-15(16(18)19)20-11-13-6-8-14(9-7-13)17(3,4)5;1-4(2)3-5(7)6(8)9/h6-14,20,24,26-27H,15-19H2,1-5H3;6-9,12,15H,10-11H2,1-5H3,(H,18,19);4-5,7H,3H2,1-2H3,(H,8,9)/t24?,26-,27?;15-;5-/m110/s1. The molecule has 2 heterocycles. The number of Topliss-reactive ketones (excluding diaryl/α,β-unsaturated/α-hetero) is 1. The molecule has 2 amide bonds. The molecule has 3 aromatic rings. The number of ether oxygens (including phenoxy) is 2. The van der Waals surface area contributed by atoms with Crippen molar-refractivity contribution < 1.29 is 48.8 Å². The Morgan fingerprint density at radius 3 is 1.48 bits per heavy atom. The lowest BCUT2D eigenvalue weighted by Crippen LogP contribution is -2.48. The van der Waals surface area contributed by atoms with E-state index in [1.165, 1.54) is 11.1 Å². The van der Waals surface area contributed by atoms with Crippen LogP contribution in [0, 0.1) is 17.8 Å². The first-order valence-electron chi connectivity index (χ1n) is 23.0. The third-order valence-corrected chi connectivity index (χ3v) is 11.4. The van der Waals surface area contributed by atoms with Gasteiger partial charge in [0.1, 0.15) is 12.1 Å². The number of carboxylic acids is 2. The number of hydrogen-bond acceptors (Lipinski definition) is 8. The van der Waals surface area contributed by atoms with Crippen LogP contribution in [0.3, 0.4) is 0 Å². The van der Waals surface area contributed by atoms with E-state index in [-0.39, 0.29) is 52.8 Å². The Hall–Kier alpha value is -4.91. The van der Waals surface area contributed by atoms with E-state index in [0.29, 0.717) is 56.9 Å². The molecule has 0 aromatic heterocycles. The Morgan fingerprint density at radius 1 is 0.631 bits per heavy atom. The van der Waals surface area contributed by atoms with Gasteiger partial charge in [0, 0.05) is 12.1 Å². The van der Waals surface area contributed by atoms with Crippen molar-refractivity contribution in [3.8, 4) is 0 Å². The fraction of sp³-hybridized carbons (Fsp3) is 0.566. The van der Waals surface area contributed by atoms with Gasteiger partial charge in [0.05, 0.1) is 25.8 Å². The minimum atomic E-state index is -1.19. The highest BCUT2D eigenvalue weighted by atomic mass is 16.5. The van der Waals surface area contributed by atoms with Crippen molar-refractivity contribution in [1.29, 1.82) is 0 Å². The highest BCUT2D eigenvalue weighted by Crippen LogP contribution is 2.33. The van der Waals surface area contributed by atoms with Crippen molar-refractivity contribution in [3.05, 3.63) is 107 Å². The molecular weight excluding hydrogens is 825 g/mol. The smallest absolute Gasteiger partial charge is 0.332 e. The summed E-state index contributed by atoms with van der Waals surface area (Å²) in [7, 11) is 0. The zero-order valence-electron chi connectivity index (χ0n) is 40.9. The number of benzene rings is 3. The van der Waals surface area contributed by atoms with Crippen molar-refractivity contribution in [3.63, 3.8) is 0 Å². The molecule has 2 aliphatic heterocycles. The van der Waals surface area contributed by atoms with Crippen LogP contribution < -0.4 is 0 Å². The monoisotopic (exact) mass is 901 g/mol. The molecule has 12 nitrogen and oxygen atoms in total. The molecule has 65 heavy (non-hydrogen) atoms. The summed E-state index contributed by atoms with van der Waals surface area (Å²) in [6, 6.07) is 24.7. The van der Waals surface area contributed by atoms with Crippen molar-refractivity contribution in [2.24, 2.45) is 17.8 Å². The molecule has 0 aliphatic carbocycles. The largest absolute Gasteiger partial charge is 0.479 e. The molecular formula is C53H76N2O10. The topological polar surface area (TPSA) is 171 Å². The number of carbonyl (C=O) groups is 5. The summed E-state index contributed by atoms with van der Waals surface area (Å²) >= 11 is 0. The van der Waals surface area contributed by atoms with Crippen molar-refractivity contribution in [2.45, 2.75) is 163 Å². The number of aliphatic hydroxyl groups is 1. The van der Waals surface area contributed by atoms with Crippen molar-refractivity contribution in [2.75, 3.05) is 13.1 Å². The van der Waals surface area contributed by atoms with Crippen LogP contribution in [0.1, 0.15) is 141 Å². The third kappa shape index (κ3) is 17.1. The number of hydrogen-bond donors (Lipinski definition) is 3. The third-order valence-electron chi connectivity index (χ3n) is 11.4. The van der Waals surface area contributed by atoms with Crippen molar-refractivity contribution in [1.82, 2.24) is 9.80 Å². The van der Waals surface area contributed by atoms with Crippen LogP contribution >= 0.6 is 0 Å². The van der Waals surface area contributed by atoms with Gasteiger partial charge in [0.2, 0.25) is 0 Å². The SMILES string of the molecule is CC(C)C[C@@H](OCc1ccc(C(C)(C)C)cc1)C(=O)N1CCC2C1C(=O)CN2C(=O)c1ccccc1.CC(C)C[C@@H](OCc1ccc(C(C)(C)C)cc1)C(=O)O.CC(C)C[C@H](O)C(=O)O. The number of carboxylic acid groups (broad SMARTS) is 2. The van der Waals surface area contributed by atoms with Crippen LogP contribution in [0.2, 0.25) is 0 Å². The number of ketones is 1. The maximum Gasteiger partial charge on any atom is 0.332 e. The summed E-state index contributed by atoms with van der Waals surface area (Å²) in [6.07, 6.45) is -0.498. The number of aliphatic hydroxyl groups excluding tert-OH is 1. The molecule has 0 bridgehead atoms. The highest BCUT2D eigenvalue weighted by Gasteiger charge is 2.52. The van der Waals surface area contributed by atoms with Gasteiger partial charge in [-0.3, -0.25) is 14.4 Å². The Balaban J connectivity index is 0.000000324. The average molecular weight is 901 g/mol. The molecule has 5 atom stereocenters. The molecule has 0 radical (unpaired) electrons. The number of likely N-dealkylation sites (tertiary alicyclic amines) is 2. The first-order valence-corrected chi connectivity index (χ1v) is 23.0. The van der Waals surface area contributed by atoms with Crippen LogP contribution in [0.4, 0.5) is 0 Å². The number of rotatable bonds is 16.